The van der Waals surface area contributed by atoms with E-state index in [2.05, 4.69) is 144 Å². The summed E-state index contributed by atoms with van der Waals surface area (Å²) in [5.74, 6) is 3.26. The number of fused-ring (bicyclic) bond motifs is 8. The van der Waals surface area contributed by atoms with E-state index < -0.39 is 0 Å². The molecular formula is C46H45BN2O4S. The van der Waals surface area contributed by atoms with Crippen molar-refractivity contribution in [3.8, 4) is 23.0 Å². The fourth-order valence-corrected chi connectivity index (χ4v) is 10.2. The van der Waals surface area contributed by atoms with Crippen molar-refractivity contribution in [1.82, 2.24) is 0 Å². The van der Waals surface area contributed by atoms with Gasteiger partial charge in [-0.05, 0) is 101 Å². The number of benzene rings is 5. The van der Waals surface area contributed by atoms with Gasteiger partial charge in [0.05, 0.1) is 11.4 Å². The highest BCUT2D eigenvalue weighted by molar-refractivity contribution is 7.33. The van der Waals surface area contributed by atoms with Crippen LogP contribution >= 0.6 is 11.3 Å². The summed E-state index contributed by atoms with van der Waals surface area (Å²) in [6.45, 7) is 20.2. The topological polar surface area (TPSA) is 43.4 Å². The van der Waals surface area contributed by atoms with Crippen molar-refractivity contribution >= 4 is 78.0 Å². The summed E-state index contributed by atoms with van der Waals surface area (Å²) in [7, 11) is 0. The van der Waals surface area contributed by atoms with Crippen LogP contribution in [0.3, 0.4) is 0 Å². The number of ether oxygens (including phenoxy) is 4. The smallest absolute Gasteiger partial charge is 0.264 e. The first kappa shape index (κ1) is 33.5. The lowest BCUT2D eigenvalue weighted by Crippen LogP contribution is -2.60. The summed E-state index contributed by atoms with van der Waals surface area (Å²) in [4.78, 5) is 4.98. The highest BCUT2D eigenvalue weighted by atomic mass is 32.1. The Balaban J connectivity index is 1.30. The highest BCUT2D eigenvalue weighted by Crippen LogP contribution is 2.53. The van der Waals surface area contributed by atoms with Gasteiger partial charge < -0.3 is 28.7 Å². The average Bonchev–Trinajstić information content (AvgIpc) is 3.53. The molecule has 0 amide bonds. The number of anilines is 6. The largest absolute Gasteiger partial charge is 0.486 e. The summed E-state index contributed by atoms with van der Waals surface area (Å²) >= 11 is 1.91. The van der Waals surface area contributed by atoms with Crippen LogP contribution in [0, 0.1) is 13.8 Å². The lowest BCUT2D eigenvalue weighted by molar-refractivity contribution is 0.170. The first-order valence-corrected chi connectivity index (χ1v) is 19.9. The Morgan fingerprint density at radius 3 is 1.94 bits per heavy atom. The van der Waals surface area contributed by atoms with Crippen LogP contribution in [0.1, 0.15) is 63.8 Å². The van der Waals surface area contributed by atoms with Gasteiger partial charge in [0.2, 0.25) is 0 Å². The Bertz CT molecular complexity index is 2530. The zero-order valence-corrected chi connectivity index (χ0v) is 33.2. The van der Waals surface area contributed by atoms with Crippen molar-refractivity contribution in [2.45, 2.75) is 66.2 Å². The number of hydrogen-bond acceptors (Lipinski definition) is 7. The maximum Gasteiger partial charge on any atom is 0.264 e. The zero-order chi connectivity index (χ0) is 37.3. The summed E-state index contributed by atoms with van der Waals surface area (Å²) < 4.78 is 27.7. The SMILES string of the molecule is Cc1cc2c(c(C)c1N1c3cccc4c3B(c3cc5c(cc3N4c3ccc(C(C)(C)C)cc3)OCCO5)c3sc4ccc(C(C)(C)C)cc4c31)OCCO2. The van der Waals surface area contributed by atoms with E-state index in [1.807, 2.05) is 11.3 Å². The third-order valence-corrected chi connectivity index (χ3v) is 12.8. The van der Waals surface area contributed by atoms with E-state index in [0.29, 0.717) is 26.4 Å². The average molecular weight is 733 g/mol. The number of thiophene rings is 1. The molecule has 0 saturated heterocycles. The van der Waals surface area contributed by atoms with Crippen LogP contribution in [-0.4, -0.2) is 33.1 Å². The Hall–Kier alpha value is -5.08. The quantitative estimate of drug-likeness (QED) is 0.165. The Kier molecular flexibility index (Phi) is 7.26. The molecule has 6 nitrogen and oxygen atoms in total. The van der Waals surface area contributed by atoms with E-state index in [-0.39, 0.29) is 17.5 Å². The van der Waals surface area contributed by atoms with Crippen LogP contribution in [0.2, 0.25) is 0 Å². The molecule has 0 fully saturated rings. The molecule has 10 rings (SSSR count). The minimum absolute atomic E-state index is 0.00665. The molecule has 1 aromatic heterocycles. The standard InChI is InChI=1S/C46H45BN2O4S/c1-26-22-38-43(53-21-20-52-38)27(2)41(26)49-34-11-9-10-33-40(34)47(44-42(49)31-23-29(46(6,7)8)14-17-39(31)54-44)32-24-36-37(51-19-18-50-36)25-35(32)48(33)30-15-12-28(13-16-30)45(3,4)5/h9-17,22-25H,18-21H2,1-8H3. The molecule has 0 bridgehead atoms. The second-order valence-electron chi connectivity index (χ2n) is 17.1. The fourth-order valence-electron chi connectivity index (χ4n) is 8.89. The van der Waals surface area contributed by atoms with Crippen LogP contribution in [0.15, 0.2) is 78.9 Å². The maximum absolute atomic E-state index is 6.35. The maximum atomic E-state index is 6.35. The van der Waals surface area contributed by atoms with E-state index in [1.165, 1.54) is 54.0 Å². The summed E-state index contributed by atoms with van der Waals surface area (Å²) in [6.07, 6.45) is 0. The Labute approximate surface area is 322 Å². The van der Waals surface area contributed by atoms with Crippen molar-refractivity contribution < 1.29 is 18.9 Å². The van der Waals surface area contributed by atoms with Crippen LogP contribution in [0.25, 0.3) is 10.1 Å². The molecule has 54 heavy (non-hydrogen) atoms. The molecule has 0 radical (unpaired) electrons. The van der Waals surface area contributed by atoms with E-state index in [1.54, 1.807) is 0 Å². The van der Waals surface area contributed by atoms with Crippen LogP contribution in [0.5, 0.6) is 23.0 Å². The second kappa shape index (κ2) is 11.7. The van der Waals surface area contributed by atoms with Gasteiger partial charge in [0.25, 0.3) is 6.71 Å². The fraction of sp³-hybridized carbons (Fsp3) is 0.304. The van der Waals surface area contributed by atoms with Gasteiger partial charge in [-0.2, -0.15) is 0 Å². The van der Waals surface area contributed by atoms with Gasteiger partial charge in [-0.25, -0.2) is 0 Å². The van der Waals surface area contributed by atoms with Crippen molar-refractivity contribution in [2.24, 2.45) is 0 Å². The van der Waals surface area contributed by atoms with Gasteiger partial charge in [-0.15, -0.1) is 11.3 Å². The lowest BCUT2D eigenvalue weighted by atomic mass is 9.36. The van der Waals surface area contributed by atoms with Gasteiger partial charge in [0.1, 0.15) is 26.4 Å². The minimum atomic E-state index is -0.0216. The lowest BCUT2D eigenvalue weighted by Gasteiger charge is -2.44. The van der Waals surface area contributed by atoms with Gasteiger partial charge in [0, 0.05) is 49.2 Å². The Morgan fingerprint density at radius 2 is 1.24 bits per heavy atom. The first-order valence-electron chi connectivity index (χ1n) is 19.1. The molecule has 272 valence electrons. The molecule has 0 unspecified atom stereocenters. The third-order valence-electron chi connectivity index (χ3n) is 11.6. The monoisotopic (exact) mass is 732 g/mol. The molecule has 0 atom stereocenters. The van der Waals surface area contributed by atoms with Crippen molar-refractivity contribution in [3.63, 3.8) is 0 Å². The summed E-state index contributed by atoms with van der Waals surface area (Å²) in [5, 5.41) is 1.27. The normalized spacial score (nSPS) is 15.6. The van der Waals surface area contributed by atoms with E-state index in [0.717, 1.165) is 51.2 Å². The zero-order valence-electron chi connectivity index (χ0n) is 32.3. The molecule has 5 aromatic carbocycles. The molecular weight excluding hydrogens is 687 g/mol. The molecule has 4 aliphatic rings. The molecule has 0 spiro atoms. The van der Waals surface area contributed by atoms with Crippen molar-refractivity contribution in [3.05, 3.63) is 101 Å². The number of rotatable bonds is 2. The van der Waals surface area contributed by atoms with E-state index >= 15 is 0 Å². The highest BCUT2D eigenvalue weighted by Gasteiger charge is 2.46. The predicted octanol–water partition coefficient (Wildman–Crippen LogP) is 9.74. The predicted molar refractivity (Wildman–Crippen MR) is 225 cm³/mol. The third kappa shape index (κ3) is 4.91. The molecule has 0 saturated carbocycles. The van der Waals surface area contributed by atoms with Gasteiger partial charge in [0.15, 0.2) is 23.0 Å². The molecule has 0 aliphatic carbocycles. The summed E-state index contributed by atoms with van der Waals surface area (Å²) in [6, 6.07) is 29.6. The first-order chi connectivity index (χ1) is 25.9. The van der Waals surface area contributed by atoms with Gasteiger partial charge in [-0.3, -0.25) is 0 Å². The molecule has 5 heterocycles. The minimum Gasteiger partial charge on any atom is -0.486 e. The van der Waals surface area contributed by atoms with Gasteiger partial charge >= 0.3 is 0 Å². The van der Waals surface area contributed by atoms with Gasteiger partial charge in [-0.1, -0.05) is 65.8 Å². The van der Waals surface area contributed by atoms with E-state index in [9.17, 15) is 0 Å². The number of nitrogens with zero attached hydrogens (tertiary/aromatic N) is 2. The molecule has 0 N–H and O–H groups in total. The number of hydrogen-bond donors (Lipinski definition) is 0. The molecule has 4 aliphatic heterocycles. The summed E-state index contributed by atoms with van der Waals surface area (Å²) in [5.41, 5.74) is 14.4. The van der Waals surface area contributed by atoms with Crippen LogP contribution in [-0.2, 0) is 10.8 Å². The molecule has 8 heteroatoms. The molecule has 6 aromatic rings. The van der Waals surface area contributed by atoms with Crippen LogP contribution < -0.4 is 44.4 Å². The number of aryl methyl sites for hydroxylation is 1. The van der Waals surface area contributed by atoms with Crippen molar-refractivity contribution in [1.29, 1.82) is 0 Å². The van der Waals surface area contributed by atoms with Crippen molar-refractivity contribution in [2.75, 3.05) is 36.2 Å². The van der Waals surface area contributed by atoms with E-state index in [4.69, 9.17) is 18.9 Å². The second-order valence-corrected chi connectivity index (χ2v) is 18.2. The Morgan fingerprint density at radius 1 is 0.611 bits per heavy atom. The van der Waals surface area contributed by atoms with Crippen LogP contribution in [0.4, 0.5) is 34.1 Å².